The number of rotatable bonds is 6. The van der Waals surface area contributed by atoms with Crippen LogP contribution in [-0.2, 0) is 11.2 Å². The molecular weight excluding hydrogens is 376 g/mol. The number of hydrogen-bond acceptors (Lipinski definition) is 4. The van der Waals surface area contributed by atoms with Crippen molar-refractivity contribution in [2.24, 2.45) is 0 Å². The highest BCUT2D eigenvalue weighted by molar-refractivity contribution is 7.80. The number of hydrazine groups is 1. The normalized spacial score (nSPS) is 18.6. The maximum atomic E-state index is 12.8. The third-order valence-electron chi connectivity index (χ3n) is 4.56. The first-order valence-electron chi connectivity index (χ1n) is 8.83. The highest BCUT2D eigenvalue weighted by Crippen LogP contribution is 2.22. The quantitative estimate of drug-likeness (QED) is 0.513. The minimum absolute atomic E-state index is 0.129. The molecule has 1 atom stereocenters. The standard InChI is InChI=1S/C20H22N4O3S/c1-20(12-11-14-7-4-3-5-8-14)17(25)24(19(26)22-20)23-18(28)21-15-9-6-10-16(13-15)27-2/h3-10,13H,11-12H2,1-2H3,(H,22,26)(H2,21,23,28)/t20-/m1/s1. The number of hydrogen-bond donors (Lipinski definition) is 3. The Bertz CT molecular complexity index is 890. The number of nitrogens with one attached hydrogen (secondary N) is 3. The monoisotopic (exact) mass is 398 g/mol. The summed E-state index contributed by atoms with van der Waals surface area (Å²) in [4.78, 5) is 25.1. The molecule has 1 aliphatic rings. The number of imide groups is 1. The van der Waals surface area contributed by atoms with Crippen LogP contribution in [0.25, 0.3) is 0 Å². The van der Waals surface area contributed by atoms with Crippen molar-refractivity contribution in [1.29, 1.82) is 0 Å². The molecular formula is C20H22N4O3S. The van der Waals surface area contributed by atoms with E-state index in [0.717, 1.165) is 10.6 Å². The van der Waals surface area contributed by atoms with Crippen molar-refractivity contribution in [2.75, 3.05) is 12.4 Å². The number of thiocarbonyl (C=S) groups is 1. The summed E-state index contributed by atoms with van der Waals surface area (Å²) in [5.74, 6) is 0.291. The first kappa shape index (κ1) is 19.6. The van der Waals surface area contributed by atoms with Gasteiger partial charge in [-0.3, -0.25) is 10.2 Å². The Balaban J connectivity index is 1.61. The van der Waals surface area contributed by atoms with Gasteiger partial charge in [0.05, 0.1) is 7.11 Å². The summed E-state index contributed by atoms with van der Waals surface area (Å²) in [6.07, 6.45) is 1.15. The summed E-state index contributed by atoms with van der Waals surface area (Å²) in [7, 11) is 1.57. The van der Waals surface area contributed by atoms with E-state index < -0.39 is 11.6 Å². The number of carbonyl (C=O) groups excluding carboxylic acids is 2. The van der Waals surface area contributed by atoms with Crippen molar-refractivity contribution in [3.63, 3.8) is 0 Å². The number of anilines is 1. The van der Waals surface area contributed by atoms with Crippen LogP contribution >= 0.6 is 12.2 Å². The Kier molecular flexibility index (Phi) is 5.79. The van der Waals surface area contributed by atoms with Crippen LogP contribution in [-0.4, -0.2) is 34.7 Å². The number of amides is 3. The number of ether oxygens (including phenoxy) is 1. The zero-order valence-corrected chi connectivity index (χ0v) is 16.5. The van der Waals surface area contributed by atoms with E-state index in [0.29, 0.717) is 24.3 Å². The number of urea groups is 1. The van der Waals surface area contributed by atoms with Crippen LogP contribution in [0.4, 0.5) is 10.5 Å². The molecule has 3 amide bonds. The zero-order chi connectivity index (χ0) is 20.1. The molecule has 1 saturated heterocycles. The van der Waals surface area contributed by atoms with E-state index in [-0.39, 0.29) is 11.0 Å². The summed E-state index contributed by atoms with van der Waals surface area (Å²) in [5.41, 5.74) is 3.46. The topological polar surface area (TPSA) is 82.7 Å². The number of methoxy groups -OCH3 is 1. The molecule has 0 unspecified atom stereocenters. The van der Waals surface area contributed by atoms with Crippen molar-refractivity contribution in [3.05, 3.63) is 60.2 Å². The van der Waals surface area contributed by atoms with Gasteiger partial charge in [-0.15, -0.1) is 0 Å². The van der Waals surface area contributed by atoms with Crippen LogP contribution in [0.5, 0.6) is 5.75 Å². The van der Waals surface area contributed by atoms with E-state index in [2.05, 4.69) is 16.1 Å². The molecule has 28 heavy (non-hydrogen) atoms. The van der Waals surface area contributed by atoms with Crippen LogP contribution < -0.4 is 20.8 Å². The summed E-state index contributed by atoms with van der Waals surface area (Å²) < 4.78 is 5.16. The lowest BCUT2D eigenvalue weighted by atomic mass is 9.93. The molecule has 8 heteroatoms. The Morgan fingerprint density at radius 3 is 2.64 bits per heavy atom. The molecule has 0 bridgehead atoms. The molecule has 0 spiro atoms. The van der Waals surface area contributed by atoms with Crippen molar-refractivity contribution in [1.82, 2.24) is 15.8 Å². The van der Waals surface area contributed by atoms with Gasteiger partial charge in [-0.25, -0.2) is 4.79 Å². The average molecular weight is 398 g/mol. The summed E-state index contributed by atoms with van der Waals surface area (Å²) in [5, 5.41) is 6.74. The fourth-order valence-corrected chi connectivity index (χ4v) is 3.16. The van der Waals surface area contributed by atoms with Crippen LogP contribution in [0.2, 0.25) is 0 Å². The fraction of sp³-hybridized carbons (Fsp3) is 0.250. The van der Waals surface area contributed by atoms with E-state index >= 15 is 0 Å². The van der Waals surface area contributed by atoms with Crippen LogP contribution in [0.3, 0.4) is 0 Å². The molecule has 1 aliphatic heterocycles. The van der Waals surface area contributed by atoms with Crippen molar-refractivity contribution in [2.45, 2.75) is 25.3 Å². The molecule has 0 saturated carbocycles. The van der Waals surface area contributed by atoms with Crippen molar-refractivity contribution < 1.29 is 14.3 Å². The second kappa shape index (κ2) is 8.26. The van der Waals surface area contributed by atoms with E-state index in [1.54, 1.807) is 38.3 Å². The Hall–Kier alpha value is -3.13. The minimum atomic E-state index is -0.995. The first-order chi connectivity index (χ1) is 13.4. The van der Waals surface area contributed by atoms with Crippen LogP contribution in [0.1, 0.15) is 18.9 Å². The van der Waals surface area contributed by atoms with Crippen molar-refractivity contribution >= 4 is 35.0 Å². The molecule has 1 heterocycles. The molecule has 2 aromatic carbocycles. The number of benzene rings is 2. The summed E-state index contributed by atoms with van der Waals surface area (Å²) in [6.45, 7) is 1.72. The van der Waals surface area contributed by atoms with Gasteiger partial charge in [-0.05, 0) is 49.7 Å². The Morgan fingerprint density at radius 1 is 1.18 bits per heavy atom. The van der Waals surface area contributed by atoms with Gasteiger partial charge >= 0.3 is 6.03 Å². The molecule has 3 rings (SSSR count). The Labute approximate surface area is 169 Å². The van der Waals surface area contributed by atoms with E-state index in [1.807, 2.05) is 30.3 Å². The van der Waals surface area contributed by atoms with Gasteiger partial charge in [-0.2, -0.15) is 5.01 Å². The lowest BCUT2D eigenvalue weighted by Gasteiger charge is -2.22. The van der Waals surface area contributed by atoms with Crippen LogP contribution in [0.15, 0.2) is 54.6 Å². The van der Waals surface area contributed by atoms with E-state index in [9.17, 15) is 9.59 Å². The second-order valence-corrected chi connectivity index (χ2v) is 7.09. The lowest BCUT2D eigenvalue weighted by molar-refractivity contribution is -0.132. The maximum absolute atomic E-state index is 12.8. The van der Waals surface area contributed by atoms with Gasteiger partial charge in [0.2, 0.25) is 0 Å². The second-order valence-electron chi connectivity index (χ2n) is 6.69. The van der Waals surface area contributed by atoms with E-state index in [1.165, 1.54) is 0 Å². The minimum Gasteiger partial charge on any atom is -0.497 e. The molecule has 146 valence electrons. The first-order valence-corrected chi connectivity index (χ1v) is 9.24. The van der Waals surface area contributed by atoms with Gasteiger partial charge in [-0.1, -0.05) is 36.4 Å². The lowest BCUT2D eigenvalue weighted by Crippen LogP contribution is -2.50. The Morgan fingerprint density at radius 2 is 1.93 bits per heavy atom. The summed E-state index contributed by atoms with van der Waals surface area (Å²) in [6, 6.07) is 16.4. The van der Waals surface area contributed by atoms with Gasteiger partial charge in [0.15, 0.2) is 5.11 Å². The molecule has 0 aromatic heterocycles. The third-order valence-corrected chi connectivity index (χ3v) is 4.75. The van der Waals surface area contributed by atoms with Gasteiger partial charge < -0.3 is 15.4 Å². The highest BCUT2D eigenvalue weighted by atomic mass is 32.1. The average Bonchev–Trinajstić information content (AvgIpc) is 2.91. The summed E-state index contributed by atoms with van der Waals surface area (Å²) >= 11 is 5.24. The van der Waals surface area contributed by atoms with E-state index in [4.69, 9.17) is 17.0 Å². The van der Waals surface area contributed by atoms with Gasteiger partial charge in [0.25, 0.3) is 5.91 Å². The van der Waals surface area contributed by atoms with Gasteiger partial charge in [0.1, 0.15) is 11.3 Å². The largest absolute Gasteiger partial charge is 0.497 e. The third kappa shape index (κ3) is 4.40. The molecule has 7 nitrogen and oxygen atoms in total. The number of nitrogens with zero attached hydrogens (tertiary/aromatic N) is 1. The predicted octanol–water partition coefficient (Wildman–Crippen LogP) is 2.84. The maximum Gasteiger partial charge on any atom is 0.344 e. The SMILES string of the molecule is COc1cccc(NC(=S)NN2C(=O)N[C@](C)(CCc3ccccc3)C2=O)c1. The number of carbonyl (C=O) groups is 2. The fourth-order valence-electron chi connectivity index (χ4n) is 2.96. The van der Waals surface area contributed by atoms with Crippen LogP contribution in [0, 0.1) is 0 Å². The molecule has 0 radical (unpaired) electrons. The molecule has 2 aromatic rings. The molecule has 0 aliphatic carbocycles. The van der Waals surface area contributed by atoms with Crippen molar-refractivity contribution in [3.8, 4) is 5.75 Å². The van der Waals surface area contributed by atoms with Gasteiger partial charge in [0, 0.05) is 11.8 Å². The predicted molar refractivity (Wildman–Crippen MR) is 111 cm³/mol. The zero-order valence-electron chi connectivity index (χ0n) is 15.7. The molecule has 3 N–H and O–H groups in total. The molecule has 1 fully saturated rings. The highest BCUT2D eigenvalue weighted by Gasteiger charge is 2.48. The smallest absolute Gasteiger partial charge is 0.344 e. The number of aryl methyl sites for hydroxylation is 1.